The van der Waals surface area contributed by atoms with Gasteiger partial charge in [-0.15, -0.1) is 11.3 Å². The number of carbonyl (C=O) groups is 1. The summed E-state index contributed by atoms with van der Waals surface area (Å²) in [5, 5.41) is 2.43. The van der Waals surface area contributed by atoms with Gasteiger partial charge in [0, 0.05) is 18.5 Å². The fourth-order valence-electron chi connectivity index (χ4n) is 2.03. The van der Waals surface area contributed by atoms with E-state index in [0.717, 1.165) is 5.01 Å². The normalized spacial score (nSPS) is 18.1. The van der Waals surface area contributed by atoms with E-state index in [1.165, 1.54) is 16.2 Å². The van der Waals surface area contributed by atoms with E-state index in [1.54, 1.807) is 12.3 Å². The molecule has 1 fully saturated rings. The number of aryl methyl sites for hydroxylation is 1. The number of alkyl halides is 3. The van der Waals surface area contributed by atoms with Gasteiger partial charge in [0.05, 0.1) is 10.9 Å². The molecule has 18 heavy (non-hydrogen) atoms. The van der Waals surface area contributed by atoms with Crippen LogP contribution in [0.15, 0.2) is 5.38 Å². The Morgan fingerprint density at radius 1 is 1.44 bits per heavy atom. The highest BCUT2D eigenvalue weighted by Gasteiger charge is 2.41. The Kier molecular flexibility index (Phi) is 3.61. The minimum Gasteiger partial charge on any atom is -0.337 e. The van der Waals surface area contributed by atoms with Gasteiger partial charge in [-0.2, -0.15) is 13.2 Å². The Morgan fingerprint density at radius 2 is 2.06 bits per heavy atom. The highest BCUT2D eigenvalue weighted by atomic mass is 32.1. The number of rotatable bonds is 1. The van der Waals surface area contributed by atoms with Gasteiger partial charge in [-0.05, 0) is 19.8 Å². The van der Waals surface area contributed by atoms with Gasteiger partial charge in [-0.25, -0.2) is 4.98 Å². The molecule has 1 saturated heterocycles. The van der Waals surface area contributed by atoms with E-state index in [2.05, 4.69) is 4.98 Å². The molecule has 0 atom stereocenters. The topological polar surface area (TPSA) is 33.2 Å². The zero-order valence-electron chi connectivity index (χ0n) is 9.83. The predicted molar refractivity (Wildman–Crippen MR) is 61.5 cm³/mol. The van der Waals surface area contributed by atoms with Crippen molar-refractivity contribution in [2.75, 3.05) is 13.1 Å². The molecule has 2 heterocycles. The highest BCUT2D eigenvalue weighted by molar-refractivity contribution is 7.09. The number of aromatic nitrogens is 1. The van der Waals surface area contributed by atoms with Crippen molar-refractivity contribution in [2.24, 2.45) is 5.92 Å². The highest BCUT2D eigenvalue weighted by Crippen LogP contribution is 2.34. The quantitative estimate of drug-likeness (QED) is 0.791. The van der Waals surface area contributed by atoms with Gasteiger partial charge in [-0.3, -0.25) is 4.79 Å². The zero-order chi connectivity index (χ0) is 13.3. The van der Waals surface area contributed by atoms with E-state index >= 15 is 0 Å². The van der Waals surface area contributed by atoms with Crippen LogP contribution in [0.1, 0.15) is 28.3 Å². The van der Waals surface area contributed by atoms with Gasteiger partial charge in [0.1, 0.15) is 5.69 Å². The molecule has 0 bridgehead atoms. The number of amides is 1. The number of carbonyl (C=O) groups excluding carboxylic acids is 1. The number of halogens is 3. The molecular formula is C11H13F3N2OS. The van der Waals surface area contributed by atoms with E-state index in [0.29, 0.717) is 5.69 Å². The summed E-state index contributed by atoms with van der Waals surface area (Å²) >= 11 is 1.36. The monoisotopic (exact) mass is 278 g/mol. The molecule has 3 nitrogen and oxygen atoms in total. The summed E-state index contributed by atoms with van der Waals surface area (Å²) in [6.45, 7) is 2.09. The van der Waals surface area contributed by atoms with Crippen LogP contribution in [-0.2, 0) is 0 Å². The summed E-state index contributed by atoms with van der Waals surface area (Å²) in [5.74, 6) is -1.54. The number of hydrogen-bond acceptors (Lipinski definition) is 3. The first kappa shape index (κ1) is 13.3. The third-order valence-corrected chi connectivity index (χ3v) is 3.86. The Labute approximate surface area is 107 Å². The maximum atomic E-state index is 12.5. The fraction of sp³-hybridized carbons (Fsp3) is 0.636. The molecule has 1 aromatic heterocycles. The molecule has 0 N–H and O–H groups in total. The van der Waals surface area contributed by atoms with E-state index < -0.39 is 12.1 Å². The van der Waals surface area contributed by atoms with Gasteiger partial charge in [-0.1, -0.05) is 0 Å². The molecule has 1 aromatic rings. The minimum absolute atomic E-state index is 0.0155. The SMILES string of the molecule is Cc1nc(C(=O)N2CCC(C(F)(F)F)CC2)cs1. The number of piperidine rings is 1. The summed E-state index contributed by atoms with van der Waals surface area (Å²) in [6, 6.07) is 0. The van der Waals surface area contributed by atoms with Crippen LogP contribution in [0.5, 0.6) is 0 Å². The number of likely N-dealkylation sites (tertiary alicyclic amines) is 1. The smallest absolute Gasteiger partial charge is 0.337 e. The van der Waals surface area contributed by atoms with Crippen molar-refractivity contribution in [2.45, 2.75) is 25.9 Å². The Bertz CT molecular complexity index is 436. The molecule has 0 aromatic carbocycles. The van der Waals surface area contributed by atoms with E-state index in [1.807, 2.05) is 0 Å². The van der Waals surface area contributed by atoms with Crippen molar-refractivity contribution in [3.8, 4) is 0 Å². The largest absolute Gasteiger partial charge is 0.391 e. The lowest BCUT2D eigenvalue weighted by molar-refractivity contribution is -0.183. The Morgan fingerprint density at radius 3 is 2.50 bits per heavy atom. The van der Waals surface area contributed by atoms with Crippen LogP contribution in [0.3, 0.4) is 0 Å². The molecule has 0 unspecified atom stereocenters. The molecule has 1 amide bonds. The van der Waals surface area contributed by atoms with Crippen LogP contribution in [0.2, 0.25) is 0 Å². The van der Waals surface area contributed by atoms with Crippen molar-refractivity contribution in [1.82, 2.24) is 9.88 Å². The Balaban J connectivity index is 1.96. The van der Waals surface area contributed by atoms with Crippen LogP contribution < -0.4 is 0 Å². The third kappa shape index (κ3) is 2.82. The average molecular weight is 278 g/mol. The maximum absolute atomic E-state index is 12.5. The van der Waals surface area contributed by atoms with Crippen molar-refractivity contribution in [3.05, 3.63) is 16.1 Å². The summed E-state index contributed by atoms with van der Waals surface area (Å²) in [5.41, 5.74) is 0.336. The second-order valence-electron chi connectivity index (χ2n) is 4.36. The van der Waals surface area contributed by atoms with E-state index in [4.69, 9.17) is 0 Å². The van der Waals surface area contributed by atoms with Gasteiger partial charge < -0.3 is 4.90 Å². The molecular weight excluding hydrogens is 265 g/mol. The van der Waals surface area contributed by atoms with Crippen LogP contribution in [0.4, 0.5) is 13.2 Å². The molecule has 0 saturated carbocycles. The molecule has 1 aliphatic rings. The molecule has 0 spiro atoms. The lowest BCUT2D eigenvalue weighted by atomic mass is 9.96. The lowest BCUT2D eigenvalue weighted by Gasteiger charge is -2.32. The first-order valence-electron chi connectivity index (χ1n) is 5.66. The van der Waals surface area contributed by atoms with Crippen molar-refractivity contribution in [3.63, 3.8) is 0 Å². The van der Waals surface area contributed by atoms with Crippen LogP contribution in [0.25, 0.3) is 0 Å². The second kappa shape index (κ2) is 4.87. The standard InChI is InChI=1S/C11H13F3N2OS/c1-7-15-9(6-18-7)10(17)16-4-2-8(3-5-16)11(12,13)14/h6,8H,2-5H2,1H3. The molecule has 2 rings (SSSR count). The molecule has 1 aliphatic heterocycles. The van der Waals surface area contributed by atoms with Crippen LogP contribution in [0, 0.1) is 12.8 Å². The molecule has 7 heteroatoms. The van der Waals surface area contributed by atoms with Gasteiger partial charge in [0.25, 0.3) is 5.91 Å². The van der Waals surface area contributed by atoms with Crippen molar-refractivity contribution in [1.29, 1.82) is 0 Å². The summed E-state index contributed by atoms with van der Waals surface area (Å²) in [7, 11) is 0. The first-order valence-corrected chi connectivity index (χ1v) is 6.54. The molecule has 0 aliphatic carbocycles. The van der Waals surface area contributed by atoms with E-state index in [-0.39, 0.29) is 31.8 Å². The number of hydrogen-bond donors (Lipinski definition) is 0. The third-order valence-electron chi connectivity index (χ3n) is 3.08. The maximum Gasteiger partial charge on any atom is 0.391 e. The van der Waals surface area contributed by atoms with Gasteiger partial charge >= 0.3 is 6.18 Å². The summed E-state index contributed by atoms with van der Waals surface area (Å²) < 4.78 is 37.4. The zero-order valence-corrected chi connectivity index (χ0v) is 10.6. The van der Waals surface area contributed by atoms with Crippen molar-refractivity contribution >= 4 is 17.2 Å². The van der Waals surface area contributed by atoms with E-state index in [9.17, 15) is 18.0 Å². The van der Waals surface area contributed by atoms with Crippen LogP contribution >= 0.6 is 11.3 Å². The van der Waals surface area contributed by atoms with Crippen LogP contribution in [-0.4, -0.2) is 35.1 Å². The van der Waals surface area contributed by atoms with Gasteiger partial charge in [0.2, 0.25) is 0 Å². The lowest BCUT2D eigenvalue weighted by Crippen LogP contribution is -2.42. The minimum atomic E-state index is -4.15. The second-order valence-corrected chi connectivity index (χ2v) is 5.42. The first-order chi connectivity index (χ1) is 8.38. The summed E-state index contributed by atoms with van der Waals surface area (Å²) in [4.78, 5) is 17.5. The Hall–Kier alpha value is -1.11. The molecule has 100 valence electrons. The predicted octanol–water partition coefficient (Wildman–Crippen LogP) is 2.87. The molecule has 0 radical (unpaired) electrons. The fourth-order valence-corrected chi connectivity index (χ4v) is 2.62. The average Bonchev–Trinajstić information content (AvgIpc) is 2.74. The number of thiazole rings is 1. The number of nitrogens with zero attached hydrogens (tertiary/aromatic N) is 2. The summed E-state index contributed by atoms with van der Waals surface area (Å²) in [6.07, 6.45) is -4.18. The van der Waals surface area contributed by atoms with Crippen molar-refractivity contribution < 1.29 is 18.0 Å². The van der Waals surface area contributed by atoms with Gasteiger partial charge in [0.15, 0.2) is 0 Å².